The van der Waals surface area contributed by atoms with E-state index in [4.69, 9.17) is 65.7 Å². The zero-order valence-corrected chi connectivity index (χ0v) is 76.7. The monoisotopic (exact) mass is 1850 g/mol. The van der Waals surface area contributed by atoms with Gasteiger partial charge in [0.15, 0.2) is 36.2 Å². The van der Waals surface area contributed by atoms with Gasteiger partial charge in [-0.2, -0.15) is 0 Å². The van der Waals surface area contributed by atoms with Crippen LogP contribution in [0.4, 0.5) is 0 Å². The topological polar surface area (TPSA) is 541 Å². The fraction of sp³-hybridized carbons (Fsp3) is 0.596. The molecule has 36 nitrogen and oxygen atoms in total. The van der Waals surface area contributed by atoms with E-state index in [0.29, 0.717) is 32.4 Å². The number of esters is 1. The molecule has 720 valence electrons. The molecular formula is C94H131ClN10O26. The van der Waals surface area contributed by atoms with Crippen molar-refractivity contribution in [2.24, 2.45) is 17.4 Å². The standard InChI is InChI=1S/C94H131ClN10O26/c1-11-14-17-20-23-34-98-94(9)46-70(125-50(7)84(94)115)130-82-79(113)78(112)67(47-106)128-92(82)131-81-65-40-54-41-66(81)127-64-33-29-53(39-59(64)95)77(111)75(103-86(117)61(37-48(4)5)105(10)35-24-21-18-15-12-2)89(120)99-60(44-68(96)110)85(116)100-73(54)88(119)101-72-52-28-32-62(108)57(38-52)71-58(42-55(107)43-63(71)109)74(91(122)123-36-25-22-19-16-13-3)102-90(121)76(104-87(72)118)80(51-26-30-56(126-65)31-27-51)129-69-45-93(8,97)83(114)49(6)124-69/h26-33,38-43,48-50,60-61,67,69-70,72-80,82-84,92,98,106-109,111-115H,11-25,34-37,44-47,97H2,1-10H3,(H2,96,110)(H,99,120)(H,100,116)(H,101,119)(H,102,121)(H,103,117)(H,104,118)/t49-,50-,60?,61?,67+,69-,70-,72?,73?,74?,75?,76?,77?,78+,79-,80?,82+,83-,84-,92-,93-,94-/m0/s1. The lowest BCUT2D eigenvalue weighted by Crippen LogP contribution is -2.65. The molecule has 11 bridgehead atoms. The van der Waals surface area contributed by atoms with E-state index in [1.165, 1.54) is 62.4 Å². The number of primary amides is 1. The Morgan fingerprint density at radius 1 is 0.634 bits per heavy atom. The van der Waals surface area contributed by atoms with Gasteiger partial charge in [-0.05, 0) is 156 Å². The molecule has 5 aromatic rings. The van der Waals surface area contributed by atoms with Crippen molar-refractivity contribution in [3.05, 3.63) is 118 Å². The summed E-state index contributed by atoms with van der Waals surface area (Å²) < 4.78 is 59.4. The first-order chi connectivity index (χ1) is 62.3. The van der Waals surface area contributed by atoms with Crippen LogP contribution in [0.3, 0.4) is 0 Å². The molecule has 7 amide bonds. The summed E-state index contributed by atoms with van der Waals surface area (Å²) in [5, 5.41) is 126. The zero-order chi connectivity index (χ0) is 95.0. The molecular weight excluding hydrogens is 1720 g/mol. The van der Waals surface area contributed by atoms with E-state index < -0.39 is 239 Å². The third-order valence-electron chi connectivity index (χ3n) is 25.1. The number of amides is 7. The summed E-state index contributed by atoms with van der Waals surface area (Å²) in [6.07, 6.45) is -8.83. The fourth-order valence-corrected chi connectivity index (χ4v) is 17.9. The molecule has 8 aliphatic rings. The molecule has 0 spiro atoms. The highest BCUT2D eigenvalue weighted by Crippen LogP contribution is 2.50. The lowest BCUT2D eigenvalue weighted by atomic mass is 9.85. The molecule has 0 saturated carbocycles. The third kappa shape index (κ3) is 25.3. The number of rotatable bonds is 34. The number of phenols is 3. The number of nitrogens with zero attached hydrogens (tertiary/aromatic N) is 1. The lowest BCUT2D eigenvalue weighted by molar-refractivity contribution is -0.334. The van der Waals surface area contributed by atoms with Gasteiger partial charge in [0.1, 0.15) is 89.5 Å². The van der Waals surface area contributed by atoms with Gasteiger partial charge in [-0.1, -0.05) is 148 Å². The number of aliphatic hydroxyl groups is 6. The number of hydrogen-bond donors (Lipinski definition) is 18. The number of unbranched alkanes of at least 4 members (excludes halogenated alkanes) is 12. The third-order valence-corrected chi connectivity index (χ3v) is 25.4. The van der Waals surface area contributed by atoms with Gasteiger partial charge in [0.05, 0.1) is 55.1 Å². The molecule has 3 fully saturated rings. The predicted octanol–water partition coefficient (Wildman–Crippen LogP) is 7.40. The minimum atomic E-state index is -2.33. The van der Waals surface area contributed by atoms with Crippen LogP contribution in [0.25, 0.3) is 11.1 Å². The van der Waals surface area contributed by atoms with Crippen LogP contribution in [0.2, 0.25) is 5.02 Å². The van der Waals surface area contributed by atoms with Crippen LogP contribution >= 0.6 is 11.6 Å². The molecule has 9 unspecified atom stereocenters. The molecule has 13 rings (SSSR count). The van der Waals surface area contributed by atoms with Crippen molar-refractivity contribution >= 4 is 58.9 Å². The summed E-state index contributed by atoms with van der Waals surface area (Å²) in [7, 11) is 1.76. The number of phenolic OH excluding ortho intramolecular Hbond substituents is 3. The van der Waals surface area contributed by atoms with Gasteiger partial charge >= 0.3 is 5.97 Å². The number of ether oxygens (including phenoxy) is 9. The van der Waals surface area contributed by atoms with Crippen LogP contribution in [0.1, 0.15) is 242 Å². The van der Waals surface area contributed by atoms with Crippen LogP contribution in [0.15, 0.2) is 84.9 Å². The van der Waals surface area contributed by atoms with Crippen LogP contribution in [0, 0.1) is 5.92 Å². The normalized spacial score (nSPS) is 29.0. The number of likely N-dealkylation sites (N-methyl/N-ethyl adjacent to an activating group) is 1. The zero-order valence-electron chi connectivity index (χ0n) is 75.9. The average Bonchev–Trinajstić information content (AvgIpc) is 0.765. The second-order valence-electron chi connectivity index (χ2n) is 36.2. The Balaban J connectivity index is 1.15. The maximum atomic E-state index is 16.8. The van der Waals surface area contributed by atoms with E-state index in [2.05, 4.69) is 51.1 Å². The summed E-state index contributed by atoms with van der Waals surface area (Å²) in [5.74, 6) is -13.9. The smallest absolute Gasteiger partial charge is 0.333 e. The highest BCUT2D eigenvalue weighted by atomic mass is 35.5. The number of benzene rings is 5. The lowest BCUT2D eigenvalue weighted by Gasteiger charge is -2.48. The second-order valence-corrected chi connectivity index (χ2v) is 36.6. The summed E-state index contributed by atoms with van der Waals surface area (Å²) in [5.41, 5.74) is 8.24. The number of aliphatic hydroxyl groups excluding tert-OH is 6. The molecule has 22 atom stereocenters. The van der Waals surface area contributed by atoms with E-state index in [1.54, 1.807) is 20.9 Å². The molecule has 3 saturated heterocycles. The molecule has 37 heteroatoms. The van der Waals surface area contributed by atoms with Gasteiger partial charge in [0.25, 0.3) is 0 Å². The number of fused-ring (bicyclic) bond motifs is 15. The van der Waals surface area contributed by atoms with Crippen LogP contribution in [-0.4, -0.2) is 234 Å². The van der Waals surface area contributed by atoms with E-state index >= 15 is 33.6 Å². The highest BCUT2D eigenvalue weighted by molar-refractivity contribution is 6.32. The van der Waals surface area contributed by atoms with Gasteiger partial charge in [-0.3, -0.25) is 38.5 Å². The molecule has 131 heavy (non-hydrogen) atoms. The Labute approximate surface area is 767 Å². The molecule has 0 aliphatic carbocycles. The fourth-order valence-electron chi connectivity index (χ4n) is 17.6. The Bertz CT molecular complexity index is 4780. The molecule has 8 aliphatic heterocycles. The highest BCUT2D eigenvalue weighted by Gasteiger charge is 2.53. The maximum absolute atomic E-state index is 16.8. The van der Waals surface area contributed by atoms with Crippen LogP contribution in [-0.2, 0) is 66.8 Å². The van der Waals surface area contributed by atoms with E-state index in [1.807, 2.05) is 25.7 Å². The summed E-state index contributed by atoms with van der Waals surface area (Å²) in [4.78, 5) is 127. The summed E-state index contributed by atoms with van der Waals surface area (Å²) in [6, 6.07) is 3.05. The van der Waals surface area contributed by atoms with Crippen LogP contribution in [0.5, 0.6) is 46.0 Å². The molecule has 8 heterocycles. The number of carbonyl (C=O) groups is 8. The SMILES string of the molecule is CCCCCCCN[C@@]1(C)C[C@H](O[C@H]2[C@H](Oc3c4cc5cc3Oc3ccc(cc3Cl)C(O)C(NC(=O)C(CC(C)C)N(C)CCCCCCC)C(=O)NC(CC(N)=O)C(=O)NC5C(=O)NC3C(=O)NC(C(=O)NC(C(=O)OCCCCCCC)c5cc(O)cc(O)c5-c5cc3ccc5O)C(O[C@H]3C[C@](C)(N)[C@@H](O)[C@H](C)O3)c3ccc(cc3)O4)O[C@H](CO)[C@@H](O)[C@@H]2O)O[C@@H](C)[C@@H]1O. The van der Waals surface area contributed by atoms with Crippen molar-refractivity contribution < 1.29 is 127 Å². The second kappa shape index (κ2) is 45.9. The predicted molar refractivity (Wildman–Crippen MR) is 478 cm³/mol. The maximum Gasteiger partial charge on any atom is 0.333 e. The quantitative estimate of drug-likeness (QED) is 0.0141. The van der Waals surface area contributed by atoms with E-state index in [9.17, 15) is 50.8 Å². The van der Waals surface area contributed by atoms with Crippen molar-refractivity contribution in [1.29, 1.82) is 0 Å². The Kier molecular flexibility index (Phi) is 35.7. The van der Waals surface area contributed by atoms with Crippen LogP contribution < -0.4 is 62.9 Å². The van der Waals surface area contributed by atoms with Gasteiger partial charge in [0.2, 0.25) is 53.4 Å². The Morgan fingerprint density at radius 2 is 1.24 bits per heavy atom. The van der Waals surface area contributed by atoms with Crippen molar-refractivity contribution in [3.8, 4) is 57.1 Å². The number of aromatic hydroxyl groups is 3. The number of carbonyl (C=O) groups excluding carboxylic acids is 8. The molecule has 0 aromatic heterocycles. The summed E-state index contributed by atoms with van der Waals surface area (Å²) in [6.45, 7) is 16.3. The molecule has 20 N–H and O–H groups in total. The first-order valence-electron chi connectivity index (χ1n) is 45.6. The molecule has 5 aromatic carbocycles. The first kappa shape index (κ1) is 102. The van der Waals surface area contributed by atoms with Gasteiger partial charge in [-0.25, -0.2) is 4.79 Å². The number of hydrogen-bond acceptors (Lipinski definition) is 29. The molecule has 0 radical (unpaired) electrons. The minimum absolute atomic E-state index is 0.0156. The minimum Gasteiger partial charge on any atom is -0.508 e. The van der Waals surface area contributed by atoms with Gasteiger partial charge in [0, 0.05) is 46.7 Å². The van der Waals surface area contributed by atoms with Gasteiger partial charge in [-0.15, -0.1) is 0 Å². The Hall–Kier alpha value is -9.61. The first-order valence-corrected chi connectivity index (χ1v) is 46.0. The van der Waals surface area contributed by atoms with Crippen molar-refractivity contribution in [1.82, 2.24) is 42.1 Å². The summed E-state index contributed by atoms with van der Waals surface area (Å²) >= 11 is 7.34. The largest absolute Gasteiger partial charge is 0.508 e. The van der Waals surface area contributed by atoms with Crippen molar-refractivity contribution in [2.75, 3.05) is 33.4 Å². The average molecular weight is 1850 g/mol. The number of nitrogens with one attached hydrogen (secondary N) is 7. The van der Waals surface area contributed by atoms with E-state index in [-0.39, 0.29) is 76.1 Å². The number of halogens is 1. The number of nitrogens with two attached hydrogens (primary N) is 2. The van der Waals surface area contributed by atoms with Crippen molar-refractivity contribution in [2.45, 2.75) is 318 Å². The Morgan fingerprint density at radius 3 is 1.89 bits per heavy atom. The van der Waals surface area contributed by atoms with Crippen molar-refractivity contribution in [3.63, 3.8) is 0 Å². The van der Waals surface area contributed by atoms with E-state index in [0.717, 1.165) is 113 Å². The van der Waals surface area contributed by atoms with Gasteiger partial charge < -0.3 is 137 Å².